The predicted molar refractivity (Wildman–Crippen MR) is 77.3 cm³/mol. The second-order valence-electron chi connectivity index (χ2n) is 4.17. The fourth-order valence-electron chi connectivity index (χ4n) is 1.87. The van der Waals surface area contributed by atoms with Gasteiger partial charge in [0.05, 0.1) is 5.52 Å². The zero-order valence-electron chi connectivity index (χ0n) is 10.2. The Morgan fingerprint density at radius 3 is 3.06 bits per heavy atom. The van der Waals surface area contributed by atoms with Crippen LogP contribution in [0.15, 0.2) is 12.3 Å². The summed E-state index contributed by atoms with van der Waals surface area (Å²) in [6.07, 6.45) is 6.41. The Labute approximate surface area is 111 Å². The van der Waals surface area contributed by atoms with E-state index in [9.17, 15) is 0 Å². The van der Waals surface area contributed by atoms with Crippen molar-refractivity contribution in [2.45, 2.75) is 26.3 Å². The highest BCUT2D eigenvalue weighted by Gasteiger charge is 2.05. The van der Waals surface area contributed by atoms with Crippen molar-refractivity contribution in [3.05, 3.63) is 22.6 Å². The van der Waals surface area contributed by atoms with Crippen molar-refractivity contribution in [2.24, 2.45) is 0 Å². The van der Waals surface area contributed by atoms with Crippen LogP contribution in [0, 0.1) is 11.7 Å². The minimum absolute atomic E-state index is 0.780. The summed E-state index contributed by atoms with van der Waals surface area (Å²) in [6.45, 7) is 2.99. The van der Waals surface area contributed by atoms with Gasteiger partial charge >= 0.3 is 0 Å². The molecule has 2 aromatic heterocycles. The molecule has 0 aromatic carbocycles. The first-order chi connectivity index (χ1) is 8.22. The number of fused-ring (bicyclic) bond motifs is 1. The van der Waals surface area contributed by atoms with E-state index < -0.39 is 0 Å². The van der Waals surface area contributed by atoms with Crippen LogP contribution in [0.5, 0.6) is 0 Å². The van der Waals surface area contributed by atoms with Crippen molar-refractivity contribution in [1.82, 2.24) is 14.5 Å². The number of rotatable bonds is 5. The van der Waals surface area contributed by atoms with Crippen LogP contribution in [0.1, 0.15) is 18.4 Å². The zero-order chi connectivity index (χ0) is 12.3. The van der Waals surface area contributed by atoms with E-state index in [2.05, 4.69) is 26.9 Å². The van der Waals surface area contributed by atoms with E-state index >= 15 is 0 Å². The Morgan fingerprint density at radius 2 is 2.29 bits per heavy atom. The molecule has 2 heterocycles. The molecule has 5 heteroatoms. The second kappa shape index (κ2) is 5.69. The van der Waals surface area contributed by atoms with E-state index in [0.29, 0.717) is 0 Å². The average Bonchev–Trinajstić information content (AvgIpc) is 2.60. The average molecular weight is 267 g/mol. The lowest BCUT2D eigenvalue weighted by atomic mass is 10.3. The minimum atomic E-state index is 0.780. The van der Waals surface area contributed by atoms with Crippen molar-refractivity contribution in [3.8, 4) is 0 Å². The Bertz CT molecular complexity index is 556. The van der Waals surface area contributed by atoms with Crippen molar-refractivity contribution < 1.29 is 0 Å². The third-order valence-corrected chi connectivity index (χ3v) is 3.75. The number of imidazole rings is 1. The normalized spacial score (nSPS) is 11.2. The minimum Gasteiger partial charge on any atom is -0.329 e. The molecule has 3 nitrogen and oxygen atoms in total. The standard InChI is InChI=1S/C12H17N3S2/c1-9-7-10-11(13-8-9)15(12(16)14-10)5-3-4-6-17-2/h7-8H,3-6H2,1-2H3,(H,14,16). The SMILES string of the molecule is CSCCCCn1c(=S)[nH]c2cc(C)cnc21. The van der Waals surface area contributed by atoms with Gasteiger partial charge in [-0.3, -0.25) is 0 Å². The molecular formula is C12H17N3S2. The summed E-state index contributed by atoms with van der Waals surface area (Å²) in [7, 11) is 0. The maximum absolute atomic E-state index is 5.34. The first-order valence-corrected chi connectivity index (χ1v) is 7.56. The molecule has 0 spiro atoms. The third-order valence-electron chi connectivity index (χ3n) is 2.73. The van der Waals surface area contributed by atoms with Gasteiger partial charge in [0.15, 0.2) is 10.4 Å². The van der Waals surface area contributed by atoms with Crippen LogP contribution in [-0.4, -0.2) is 26.5 Å². The van der Waals surface area contributed by atoms with Crippen molar-refractivity contribution >= 4 is 35.1 Å². The lowest BCUT2D eigenvalue weighted by Gasteiger charge is -2.03. The van der Waals surface area contributed by atoms with Crippen molar-refractivity contribution in [1.29, 1.82) is 0 Å². The van der Waals surface area contributed by atoms with Gasteiger partial charge < -0.3 is 9.55 Å². The van der Waals surface area contributed by atoms with Gasteiger partial charge in [-0.05, 0) is 55.6 Å². The number of pyridine rings is 1. The Morgan fingerprint density at radius 1 is 1.47 bits per heavy atom. The number of hydrogen-bond donors (Lipinski definition) is 1. The maximum Gasteiger partial charge on any atom is 0.179 e. The first kappa shape index (κ1) is 12.6. The number of unbranched alkanes of at least 4 members (excludes halogenated alkanes) is 1. The highest BCUT2D eigenvalue weighted by atomic mass is 32.2. The van der Waals surface area contributed by atoms with Gasteiger partial charge in [-0.2, -0.15) is 11.8 Å². The molecule has 0 saturated carbocycles. The van der Waals surface area contributed by atoms with Crippen LogP contribution in [0.3, 0.4) is 0 Å². The Kier molecular flexibility index (Phi) is 4.23. The summed E-state index contributed by atoms with van der Waals surface area (Å²) in [6, 6.07) is 2.09. The van der Waals surface area contributed by atoms with Crippen LogP contribution >= 0.6 is 24.0 Å². The number of aryl methyl sites for hydroxylation is 2. The lowest BCUT2D eigenvalue weighted by Crippen LogP contribution is -1.99. The molecule has 17 heavy (non-hydrogen) atoms. The molecule has 0 aliphatic carbocycles. The number of aromatic nitrogens is 3. The summed E-state index contributed by atoms with van der Waals surface area (Å²) in [5, 5.41) is 0. The van der Waals surface area contributed by atoms with Crippen LogP contribution in [0.25, 0.3) is 11.2 Å². The van der Waals surface area contributed by atoms with E-state index in [-0.39, 0.29) is 0 Å². The van der Waals surface area contributed by atoms with Gasteiger partial charge in [0, 0.05) is 12.7 Å². The van der Waals surface area contributed by atoms with Crippen LogP contribution in [0.2, 0.25) is 0 Å². The van der Waals surface area contributed by atoms with Crippen LogP contribution in [-0.2, 0) is 6.54 Å². The monoisotopic (exact) mass is 267 g/mol. The molecule has 2 rings (SSSR count). The van der Waals surface area contributed by atoms with Gasteiger partial charge in [0.2, 0.25) is 0 Å². The molecule has 0 aliphatic heterocycles. The third kappa shape index (κ3) is 2.90. The van der Waals surface area contributed by atoms with E-state index in [1.807, 2.05) is 24.9 Å². The van der Waals surface area contributed by atoms with E-state index in [1.165, 1.54) is 12.2 Å². The first-order valence-electron chi connectivity index (χ1n) is 5.76. The molecular weight excluding hydrogens is 250 g/mol. The van der Waals surface area contributed by atoms with Crippen molar-refractivity contribution in [2.75, 3.05) is 12.0 Å². The van der Waals surface area contributed by atoms with Crippen molar-refractivity contribution in [3.63, 3.8) is 0 Å². The quantitative estimate of drug-likeness (QED) is 0.664. The van der Waals surface area contributed by atoms with Crippen LogP contribution in [0.4, 0.5) is 0 Å². The van der Waals surface area contributed by atoms with E-state index in [0.717, 1.165) is 34.5 Å². The number of thioether (sulfide) groups is 1. The lowest BCUT2D eigenvalue weighted by molar-refractivity contribution is 0.639. The molecule has 0 radical (unpaired) electrons. The number of hydrogen-bond acceptors (Lipinski definition) is 3. The highest BCUT2D eigenvalue weighted by molar-refractivity contribution is 7.98. The summed E-state index contributed by atoms with van der Waals surface area (Å²) in [5.41, 5.74) is 3.17. The second-order valence-corrected chi connectivity index (χ2v) is 5.54. The van der Waals surface area contributed by atoms with Gasteiger partial charge in [-0.25, -0.2) is 4.98 Å². The largest absolute Gasteiger partial charge is 0.329 e. The number of aromatic amines is 1. The molecule has 0 atom stereocenters. The van der Waals surface area contributed by atoms with E-state index in [1.54, 1.807) is 0 Å². The Hall–Kier alpha value is -0.810. The fourth-order valence-corrected chi connectivity index (χ4v) is 2.65. The molecule has 0 unspecified atom stereocenters. The highest BCUT2D eigenvalue weighted by Crippen LogP contribution is 2.14. The van der Waals surface area contributed by atoms with Gasteiger partial charge in [0.25, 0.3) is 0 Å². The molecule has 0 fully saturated rings. The van der Waals surface area contributed by atoms with Gasteiger partial charge in [0.1, 0.15) is 0 Å². The van der Waals surface area contributed by atoms with Crippen LogP contribution < -0.4 is 0 Å². The fraction of sp³-hybridized carbons (Fsp3) is 0.500. The van der Waals surface area contributed by atoms with Gasteiger partial charge in [-0.15, -0.1) is 0 Å². The summed E-state index contributed by atoms with van der Waals surface area (Å²) in [4.78, 5) is 7.68. The number of nitrogens with one attached hydrogen (secondary N) is 1. The molecule has 92 valence electrons. The van der Waals surface area contributed by atoms with Gasteiger partial charge in [-0.1, -0.05) is 0 Å². The summed E-state index contributed by atoms with van der Waals surface area (Å²) in [5.74, 6) is 1.21. The predicted octanol–water partition coefficient (Wildman–Crippen LogP) is 3.55. The molecule has 0 bridgehead atoms. The Balaban J connectivity index is 2.21. The molecule has 0 aliphatic rings. The smallest absolute Gasteiger partial charge is 0.179 e. The zero-order valence-corrected chi connectivity index (χ0v) is 11.8. The number of nitrogens with zero attached hydrogens (tertiary/aromatic N) is 2. The van der Waals surface area contributed by atoms with E-state index in [4.69, 9.17) is 12.2 Å². The molecule has 0 amide bonds. The maximum atomic E-state index is 5.34. The number of H-pyrrole nitrogens is 1. The topological polar surface area (TPSA) is 33.6 Å². The summed E-state index contributed by atoms with van der Waals surface area (Å²) < 4.78 is 2.88. The molecule has 2 aromatic rings. The molecule has 1 N–H and O–H groups in total. The molecule has 0 saturated heterocycles. The summed E-state index contributed by atoms with van der Waals surface area (Å²) >= 11 is 7.23.